The summed E-state index contributed by atoms with van der Waals surface area (Å²) in [4.78, 5) is 12.6. The van der Waals surface area contributed by atoms with E-state index in [4.69, 9.17) is 5.14 Å². The number of hydrogen-bond donors (Lipinski definition) is 2. The van der Waals surface area contributed by atoms with Gasteiger partial charge in [0.15, 0.2) is 0 Å². The number of nitrogens with two attached hydrogens (primary N) is 1. The predicted molar refractivity (Wildman–Crippen MR) is 82.4 cm³/mol. The highest BCUT2D eigenvalue weighted by molar-refractivity contribution is 7.89. The lowest BCUT2D eigenvalue weighted by atomic mass is 9.82. The first-order valence-electron chi connectivity index (χ1n) is 7.24. The Hall–Kier alpha value is -1.40. The molecule has 0 bridgehead atoms. The van der Waals surface area contributed by atoms with Crippen molar-refractivity contribution in [2.24, 2.45) is 10.6 Å². The predicted octanol–water partition coefficient (Wildman–Crippen LogP) is 2.55. The number of nitrogens with one attached hydrogen (secondary N) is 1. The number of rotatable bonds is 4. The molecule has 1 aliphatic rings. The van der Waals surface area contributed by atoms with Gasteiger partial charge in [-0.2, -0.15) is 0 Å². The van der Waals surface area contributed by atoms with Crippen LogP contribution in [0.2, 0.25) is 0 Å². The molecule has 5 nitrogen and oxygen atoms in total. The molecule has 0 atom stereocenters. The smallest absolute Gasteiger partial charge is 0.238 e. The molecule has 1 aliphatic carbocycles. The van der Waals surface area contributed by atoms with Crippen molar-refractivity contribution in [3.63, 3.8) is 0 Å². The van der Waals surface area contributed by atoms with Gasteiger partial charge in [0.25, 0.3) is 0 Å². The number of anilines is 1. The minimum Gasteiger partial charge on any atom is -0.325 e. The maximum Gasteiger partial charge on any atom is 0.238 e. The second-order valence-electron chi connectivity index (χ2n) is 5.77. The molecule has 0 aliphatic heterocycles. The zero-order chi connectivity index (χ0) is 15.7. The van der Waals surface area contributed by atoms with Crippen molar-refractivity contribution < 1.29 is 13.2 Å². The zero-order valence-corrected chi connectivity index (χ0v) is 13.3. The summed E-state index contributed by atoms with van der Waals surface area (Å²) in [6, 6.07) is 4.75. The van der Waals surface area contributed by atoms with E-state index in [0.717, 1.165) is 32.1 Å². The molecule has 21 heavy (non-hydrogen) atoms. The van der Waals surface area contributed by atoms with Crippen LogP contribution >= 0.6 is 0 Å². The van der Waals surface area contributed by atoms with Crippen LogP contribution in [0.1, 0.15) is 44.6 Å². The summed E-state index contributed by atoms with van der Waals surface area (Å²) in [5.41, 5.74) is 0.688. The summed E-state index contributed by atoms with van der Waals surface area (Å²) in [6.07, 6.45) is 4.72. The van der Waals surface area contributed by atoms with Gasteiger partial charge >= 0.3 is 0 Å². The molecule has 0 saturated heterocycles. The largest absolute Gasteiger partial charge is 0.325 e. The van der Waals surface area contributed by atoms with Gasteiger partial charge in [-0.25, -0.2) is 13.6 Å². The highest BCUT2D eigenvalue weighted by Crippen LogP contribution is 2.42. The van der Waals surface area contributed by atoms with E-state index in [-0.39, 0.29) is 16.2 Å². The molecular weight excluding hydrogens is 288 g/mol. The lowest BCUT2D eigenvalue weighted by molar-refractivity contribution is -0.125. The summed E-state index contributed by atoms with van der Waals surface area (Å²) in [6.45, 7) is 3.68. The van der Waals surface area contributed by atoms with E-state index >= 15 is 0 Å². The van der Waals surface area contributed by atoms with E-state index in [1.807, 2.05) is 6.92 Å². The fourth-order valence-corrected chi connectivity index (χ4v) is 3.91. The molecular formula is C15H22N2O3S. The minimum absolute atomic E-state index is 0.0165. The third-order valence-electron chi connectivity index (χ3n) is 4.56. The second-order valence-corrected chi connectivity index (χ2v) is 7.30. The Morgan fingerprint density at radius 3 is 2.48 bits per heavy atom. The van der Waals surface area contributed by atoms with Gasteiger partial charge in [-0.15, -0.1) is 0 Å². The van der Waals surface area contributed by atoms with E-state index < -0.39 is 10.0 Å². The van der Waals surface area contributed by atoms with Gasteiger partial charge < -0.3 is 5.32 Å². The van der Waals surface area contributed by atoms with Crippen molar-refractivity contribution >= 4 is 21.6 Å². The molecule has 1 saturated carbocycles. The Labute approximate surface area is 126 Å². The molecule has 0 unspecified atom stereocenters. The van der Waals surface area contributed by atoms with Crippen LogP contribution in [0.5, 0.6) is 0 Å². The van der Waals surface area contributed by atoms with Gasteiger partial charge in [0.1, 0.15) is 0 Å². The van der Waals surface area contributed by atoms with Crippen molar-refractivity contribution in [1.82, 2.24) is 0 Å². The Morgan fingerprint density at radius 2 is 1.95 bits per heavy atom. The Balaban J connectivity index is 2.30. The molecule has 0 spiro atoms. The number of sulfonamides is 1. The lowest BCUT2D eigenvalue weighted by Gasteiger charge is -2.26. The third kappa shape index (κ3) is 3.11. The lowest BCUT2D eigenvalue weighted by Crippen LogP contribution is -2.33. The molecule has 116 valence electrons. The fourth-order valence-electron chi connectivity index (χ4n) is 3.11. The van der Waals surface area contributed by atoms with Crippen molar-refractivity contribution in [3.05, 3.63) is 23.8 Å². The number of benzene rings is 1. The van der Waals surface area contributed by atoms with Gasteiger partial charge in [-0.05, 0) is 43.9 Å². The van der Waals surface area contributed by atoms with Crippen molar-refractivity contribution in [2.45, 2.75) is 50.8 Å². The average Bonchev–Trinajstić information content (AvgIpc) is 2.89. The molecule has 0 aromatic heterocycles. The van der Waals surface area contributed by atoms with Gasteiger partial charge in [-0.3, -0.25) is 4.79 Å². The Kier molecular flexibility index (Phi) is 4.39. The highest BCUT2D eigenvalue weighted by Gasteiger charge is 2.39. The maximum atomic E-state index is 12.6. The number of carbonyl (C=O) groups excluding carboxylic acids is 1. The van der Waals surface area contributed by atoms with E-state index in [9.17, 15) is 13.2 Å². The third-order valence-corrected chi connectivity index (χ3v) is 5.61. The topological polar surface area (TPSA) is 89.3 Å². The second kappa shape index (κ2) is 5.77. The first-order valence-corrected chi connectivity index (χ1v) is 8.79. The van der Waals surface area contributed by atoms with Crippen LogP contribution in [0.15, 0.2) is 23.1 Å². The minimum atomic E-state index is -3.78. The fraction of sp³-hybridized carbons (Fsp3) is 0.533. The van der Waals surface area contributed by atoms with E-state index in [0.29, 0.717) is 11.3 Å². The van der Waals surface area contributed by atoms with Gasteiger partial charge in [0, 0.05) is 11.1 Å². The van der Waals surface area contributed by atoms with Crippen LogP contribution in [0.25, 0.3) is 0 Å². The summed E-state index contributed by atoms with van der Waals surface area (Å²) in [5.74, 6) is -0.0165. The van der Waals surface area contributed by atoms with Crippen LogP contribution in [0.3, 0.4) is 0 Å². The molecule has 3 N–H and O–H groups in total. The molecule has 1 amide bonds. The maximum absolute atomic E-state index is 12.6. The number of amides is 1. The molecule has 1 aromatic rings. The molecule has 0 radical (unpaired) electrons. The Morgan fingerprint density at radius 1 is 1.33 bits per heavy atom. The van der Waals surface area contributed by atoms with Crippen LogP contribution in [0.4, 0.5) is 5.69 Å². The summed E-state index contributed by atoms with van der Waals surface area (Å²) in [5, 5.41) is 8.09. The summed E-state index contributed by atoms with van der Waals surface area (Å²) in [7, 11) is -3.78. The standard InChI is InChI=1S/C15H22N2O3S/c1-3-15(9-4-5-10-15)14(18)17-12-7-6-8-13(11(12)2)21(16,19)20/h6-8H,3-5,9-10H2,1-2H3,(H,17,18)(H2,16,19,20). The summed E-state index contributed by atoms with van der Waals surface area (Å²) < 4.78 is 23.1. The van der Waals surface area contributed by atoms with E-state index in [2.05, 4.69) is 5.32 Å². The van der Waals surface area contributed by atoms with Gasteiger partial charge in [0.05, 0.1) is 4.90 Å². The first kappa shape index (κ1) is 16.0. The van der Waals surface area contributed by atoms with E-state index in [1.165, 1.54) is 6.07 Å². The van der Waals surface area contributed by atoms with Crippen LogP contribution in [-0.2, 0) is 14.8 Å². The normalized spacial score (nSPS) is 17.7. The first-order chi connectivity index (χ1) is 9.80. The molecule has 6 heteroatoms. The van der Waals surface area contributed by atoms with Gasteiger partial charge in [0.2, 0.25) is 15.9 Å². The average molecular weight is 310 g/mol. The highest BCUT2D eigenvalue weighted by atomic mass is 32.2. The van der Waals surface area contributed by atoms with Gasteiger partial charge in [-0.1, -0.05) is 25.8 Å². The van der Waals surface area contributed by atoms with Crippen molar-refractivity contribution in [1.29, 1.82) is 0 Å². The van der Waals surface area contributed by atoms with Crippen molar-refractivity contribution in [2.75, 3.05) is 5.32 Å². The SMILES string of the molecule is CCC1(C(=O)Nc2cccc(S(N)(=O)=O)c2C)CCCC1. The van der Waals surface area contributed by atoms with Crippen molar-refractivity contribution in [3.8, 4) is 0 Å². The number of carbonyl (C=O) groups is 1. The zero-order valence-electron chi connectivity index (χ0n) is 12.5. The van der Waals surface area contributed by atoms with Crippen LogP contribution in [0, 0.1) is 12.3 Å². The van der Waals surface area contributed by atoms with Crippen LogP contribution < -0.4 is 10.5 Å². The molecule has 1 aromatic carbocycles. The molecule has 1 fully saturated rings. The number of hydrogen-bond acceptors (Lipinski definition) is 3. The van der Waals surface area contributed by atoms with Crippen LogP contribution in [-0.4, -0.2) is 14.3 Å². The molecule has 2 rings (SSSR count). The quantitative estimate of drug-likeness (QED) is 0.895. The molecule has 0 heterocycles. The number of primary sulfonamides is 1. The monoisotopic (exact) mass is 310 g/mol. The summed E-state index contributed by atoms with van der Waals surface area (Å²) >= 11 is 0. The van der Waals surface area contributed by atoms with E-state index in [1.54, 1.807) is 19.1 Å². The Bertz CT molecular complexity index is 647.